The fourth-order valence-electron chi connectivity index (χ4n) is 2.61. The van der Waals surface area contributed by atoms with Gasteiger partial charge in [-0.05, 0) is 35.6 Å². The molecule has 0 spiro atoms. The second-order valence-corrected chi connectivity index (χ2v) is 5.91. The van der Waals surface area contributed by atoms with Crippen LogP contribution in [0.15, 0.2) is 42.5 Å². The summed E-state index contributed by atoms with van der Waals surface area (Å²) in [5, 5.41) is 7.69. The third-order valence-electron chi connectivity index (χ3n) is 3.93. The van der Waals surface area contributed by atoms with Crippen LogP contribution in [-0.2, 0) is 6.42 Å². The van der Waals surface area contributed by atoms with E-state index < -0.39 is 0 Å². The summed E-state index contributed by atoms with van der Waals surface area (Å²) in [5.41, 5.74) is 5.43. The molecule has 2 heteroatoms. The van der Waals surface area contributed by atoms with Crippen LogP contribution in [0.2, 0.25) is 0 Å². The molecular formula is C20H23NO. The van der Waals surface area contributed by atoms with Crippen LogP contribution in [0.4, 0.5) is 0 Å². The molecule has 2 aromatic rings. The molecule has 2 nitrogen and oxygen atoms in total. The summed E-state index contributed by atoms with van der Waals surface area (Å²) in [6, 6.07) is 14.0. The van der Waals surface area contributed by atoms with Crippen LogP contribution in [0, 0.1) is 11.3 Å². The first-order chi connectivity index (χ1) is 10.5. The summed E-state index contributed by atoms with van der Waals surface area (Å²) < 4.78 is 0. The topological polar surface area (TPSA) is 40.9 Å². The zero-order valence-electron chi connectivity index (χ0n) is 13.7. The third kappa shape index (κ3) is 3.16. The van der Waals surface area contributed by atoms with Gasteiger partial charge in [0.05, 0.1) is 0 Å². The predicted octanol–water partition coefficient (Wildman–Crippen LogP) is 5.14. The van der Waals surface area contributed by atoms with Crippen molar-refractivity contribution < 1.29 is 4.79 Å². The minimum Gasteiger partial charge on any atom is -0.305 e. The maximum absolute atomic E-state index is 12.7. The van der Waals surface area contributed by atoms with E-state index in [9.17, 15) is 4.79 Å². The zero-order valence-corrected chi connectivity index (χ0v) is 13.7. The van der Waals surface area contributed by atoms with Crippen molar-refractivity contribution in [3.8, 4) is 11.1 Å². The summed E-state index contributed by atoms with van der Waals surface area (Å²) in [5.74, 6) is 0.175. The van der Waals surface area contributed by atoms with E-state index in [1.807, 2.05) is 56.3 Å². The number of rotatable bonds is 5. The number of ketones is 1. The predicted molar refractivity (Wildman–Crippen MR) is 92.9 cm³/mol. The number of nitrogens with one attached hydrogen (secondary N) is 1. The molecule has 0 aliphatic heterocycles. The molecule has 0 radical (unpaired) electrons. The Labute approximate surface area is 132 Å². The molecule has 0 unspecified atom stereocenters. The van der Waals surface area contributed by atoms with Crippen molar-refractivity contribution in [2.24, 2.45) is 5.92 Å². The van der Waals surface area contributed by atoms with Crippen LogP contribution in [-0.4, -0.2) is 11.5 Å². The smallest absolute Gasteiger partial charge is 0.166 e. The Hall–Kier alpha value is -2.22. The van der Waals surface area contributed by atoms with Crippen LogP contribution in [0.5, 0.6) is 0 Å². The molecular weight excluding hydrogens is 270 g/mol. The molecule has 0 atom stereocenters. The van der Waals surface area contributed by atoms with Gasteiger partial charge >= 0.3 is 0 Å². The standard InChI is InChI=1S/C20H23NO/c1-5-15-7-6-8-18(19(15)20(22)13(2)3)17-11-9-16(10-12-17)14(4)21/h6-13,21H,5H2,1-4H3. The van der Waals surface area contributed by atoms with Gasteiger partial charge in [0.25, 0.3) is 0 Å². The quantitative estimate of drug-likeness (QED) is 0.601. The Kier molecular flexibility index (Phi) is 4.92. The maximum atomic E-state index is 12.7. The Morgan fingerprint density at radius 1 is 1.09 bits per heavy atom. The van der Waals surface area contributed by atoms with Crippen molar-refractivity contribution in [2.45, 2.75) is 34.1 Å². The van der Waals surface area contributed by atoms with Crippen LogP contribution in [0.1, 0.15) is 49.2 Å². The highest BCUT2D eigenvalue weighted by Crippen LogP contribution is 2.29. The number of hydrogen-bond acceptors (Lipinski definition) is 2. The highest BCUT2D eigenvalue weighted by atomic mass is 16.1. The number of Topliss-reactive ketones (excluding diaryl/α,β-unsaturated/α-hetero) is 1. The molecule has 2 aromatic carbocycles. The lowest BCUT2D eigenvalue weighted by Crippen LogP contribution is -2.12. The Bertz CT molecular complexity index is 696. The zero-order chi connectivity index (χ0) is 16.3. The van der Waals surface area contributed by atoms with Crippen molar-refractivity contribution in [1.29, 1.82) is 5.41 Å². The van der Waals surface area contributed by atoms with Crippen molar-refractivity contribution in [3.63, 3.8) is 0 Å². The first-order valence-corrected chi connectivity index (χ1v) is 7.77. The van der Waals surface area contributed by atoms with Crippen molar-refractivity contribution in [2.75, 3.05) is 0 Å². The fourth-order valence-corrected chi connectivity index (χ4v) is 2.61. The van der Waals surface area contributed by atoms with Crippen LogP contribution in [0.3, 0.4) is 0 Å². The number of carbonyl (C=O) groups excluding carboxylic acids is 1. The number of benzene rings is 2. The molecule has 0 amide bonds. The SMILES string of the molecule is CCc1cccc(-c2ccc(C(C)=N)cc2)c1C(=O)C(C)C. The second kappa shape index (κ2) is 6.69. The minimum atomic E-state index is -0.0189. The summed E-state index contributed by atoms with van der Waals surface area (Å²) in [4.78, 5) is 12.7. The van der Waals surface area contributed by atoms with Gasteiger partial charge in [-0.3, -0.25) is 4.79 Å². The van der Waals surface area contributed by atoms with Crippen molar-refractivity contribution in [3.05, 3.63) is 59.2 Å². The summed E-state index contributed by atoms with van der Waals surface area (Å²) in [6.07, 6.45) is 0.847. The summed E-state index contributed by atoms with van der Waals surface area (Å²) in [7, 11) is 0. The van der Waals surface area contributed by atoms with Crippen LogP contribution >= 0.6 is 0 Å². The molecule has 0 saturated heterocycles. The lowest BCUT2D eigenvalue weighted by molar-refractivity contribution is 0.0939. The number of carbonyl (C=O) groups is 1. The lowest BCUT2D eigenvalue weighted by Gasteiger charge is -2.15. The third-order valence-corrected chi connectivity index (χ3v) is 3.93. The normalized spacial score (nSPS) is 10.8. The lowest BCUT2D eigenvalue weighted by atomic mass is 9.87. The molecule has 0 bridgehead atoms. The van der Waals surface area contributed by atoms with Gasteiger partial charge in [0.1, 0.15) is 0 Å². The maximum Gasteiger partial charge on any atom is 0.166 e. The molecule has 0 saturated carbocycles. The van der Waals surface area contributed by atoms with E-state index in [1.54, 1.807) is 6.92 Å². The Morgan fingerprint density at radius 3 is 2.23 bits per heavy atom. The average Bonchev–Trinajstić information content (AvgIpc) is 2.53. The van der Waals surface area contributed by atoms with Crippen molar-refractivity contribution >= 4 is 11.5 Å². The van der Waals surface area contributed by atoms with E-state index in [1.165, 1.54) is 0 Å². The largest absolute Gasteiger partial charge is 0.305 e. The second-order valence-electron chi connectivity index (χ2n) is 5.91. The van der Waals surface area contributed by atoms with Crippen LogP contribution < -0.4 is 0 Å². The van der Waals surface area contributed by atoms with Gasteiger partial charge in [-0.25, -0.2) is 0 Å². The molecule has 0 aliphatic rings. The summed E-state index contributed by atoms with van der Waals surface area (Å²) in [6.45, 7) is 7.75. The fraction of sp³-hybridized carbons (Fsp3) is 0.300. The number of hydrogen-bond donors (Lipinski definition) is 1. The Balaban J connectivity index is 2.59. The van der Waals surface area contributed by atoms with Crippen LogP contribution in [0.25, 0.3) is 11.1 Å². The molecule has 114 valence electrons. The van der Waals surface area contributed by atoms with Gasteiger partial charge in [0.15, 0.2) is 5.78 Å². The molecule has 0 heterocycles. The molecule has 0 fully saturated rings. The highest BCUT2D eigenvalue weighted by molar-refractivity contribution is 6.05. The molecule has 1 N–H and O–H groups in total. The first kappa shape index (κ1) is 16.2. The Morgan fingerprint density at radius 2 is 1.73 bits per heavy atom. The first-order valence-electron chi connectivity index (χ1n) is 7.77. The van der Waals surface area contributed by atoms with Gasteiger partial charge in [0, 0.05) is 17.2 Å². The van der Waals surface area contributed by atoms with Gasteiger partial charge in [0.2, 0.25) is 0 Å². The molecule has 0 aromatic heterocycles. The van der Waals surface area contributed by atoms with E-state index in [-0.39, 0.29) is 11.7 Å². The van der Waals surface area contributed by atoms with Gasteiger partial charge in [-0.1, -0.05) is 63.2 Å². The average molecular weight is 293 g/mol. The highest BCUT2D eigenvalue weighted by Gasteiger charge is 2.19. The molecule has 2 rings (SSSR count). The van der Waals surface area contributed by atoms with E-state index in [0.717, 1.165) is 34.2 Å². The molecule has 22 heavy (non-hydrogen) atoms. The monoisotopic (exact) mass is 293 g/mol. The van der Waals surface area contributed by atoms with E-state index in [0.29, 0.717) is 5.71 Å². The molecule has 0 aliphatic carbocycles. The van der Waals surface area contributed by atoms with E-state index >= 15 is 0 Å². The van der Waals surface area contributed by atoms with E-state index in [4.69, 9.17) is 5.41 Å². The van der Waals surface area contributed by atoms with Gasteiger partial charge in [-0.15, -0.1) is 0 Å². The number of aryl methyl sites for hydroxylation is 1. The van der Waals surface area contributed by atoms with Crippen molar-refractivity contribution in [1.82, 2.24) is 0 Å². The van der Waals surface area contributed by atoms with Gasteiger partial charge in [-0.2, -0.15) is 0 Å². The minimum absolute atomic E-state index is 0.0189. The van der Waals surface area contributed by atoms with Gasteiger partial charge < -0.3 is 5.41 Å². The summed E-state index contributed by atoms with van der Waals surface area (Å²) >= 11 is 0. The van der Waals surface area contributed by atoms with E-state index in [2.05, 4.69) is 6.92 Å².